The maximum atomic E-state index is 2.54. The molecule has 0 fully saturated rings. The molecule has 2 heteroatoms. The molecule has 0 bridgehead atoms. The number of benzene rings is 3. The smallest absolute Gasteiger partial charge is 0.224 e. The largest absolute Gasteiger partial charge is 0.307 e. The molecule has 0 saturated carbocycles. The van der Waals surface area contributed by atoms with Gasteiger partial charge in [0.05, 0.1) is 27.3 Å². The predicted molar refractivity (Wildman–Crippen MR) is 128 cm³/mol. The van der Waals surface area contributed by atoms with Crippen molar-refractivity contribution < 1.29 is 4.57 Å². The van der Waals surface area contributed by atoms with E-state index in [1.54, 1.807) is 0 Å². The highest BCUT2D eigenvalue weighted by Gasteiger charge is 2.25. The molecule has 0 spiro atoms. The van der Waals surface area contributed by atoms with Gasteiger partial charge in [0.2, 0.25) is 5.52 Å². The van der Waals surface area contributed by atoms with Crippen molar-refractivity contribution in [3.8, 4) is 0 Å². The first-order chi connectivity index (χ1) is 14.4. The molecule has 0 amide bonds. The van der Waals surface area contributed by atoms with Gasteiger partial charge in [0.15, 0.2) is 6.20 Å². The third-order valence-electron chi connectivity index (χ3n) is 7.11. The fourth-order valence-corrected chi connectivity index (χ4v) is 5.37. The van der Waals surface area contributed by atoms with Gasteiger partial charge in [0.1, 0.15) is 7.05 Å². The molecule has 0 aliphatic rings. The van der Waals surface area contributed by atoms with Crippen molar-refractivity contribution >= 4 is 49.0 Å². The van der Waals surface area contributed by atoms with Crippen molar-refractivity contribution in [1.29, 1.82) is 0 Å². The van der Waals surface area contributed by atoms with E-state index in [4.69, 9.17) is 0 Å². The van der Waals surface area contributed by atoms with Crippen molar-refractivity contribution in [3.05, 3.63) is 70.9 Å². The van der Waals surface area contributed by atoms with E-state index >= 15 is 0 Å². The van der Waals surface area contributed by atoms with Crippen LogP contribution in [0.25, 0.3) is 49.0 Å². The predicted octanol–water partition coefficient (Wildman–Crippen LogP) is 6.86. The van der Waals surface area contributed by atoms with Gasteiger partial charge < -0.3 is 4.40 Å². The molecule has 0 atom stereocenters. The van der Waals surface area contributed by atoms with Gasteiger partial charge in [0, 0.05) is 16.8 Å². The zero-order valence-corrected chi connectivity index (χ0v) is 18.6. The average Bonchev–Trinajstić information content (AvgIpc) is 3.02. The number of rotatable bonds is 1. The number of nitrogens with zero attached hydrogens (tertiary/aromatic N) is 2. The van der Waals surface area contributed by atoms with Crippen molar-refractivity contribution in [2.24, 2.45) is 7.05 Å². The summed E-state index contributed by atoms with van der Waals surface area (Å²) in [4.78, 5) is 0. The van der Waals surface area contributed by atoms with Gasteiger partial charge in [-0.3, -0.25) is 0 Å². The second-order valence-corrected chi connectivity index (χ2v) is 9.38. The summed E-state index contributed by atoms with van der Waals surface area (Å²) in [7, 11) is 2.19. The fraction of sp³-hybridized carbons (Fsp3) is 0.250. The van der Waals surface area contributed by atoms with Gasteiger partial charge in [-0.25, -0.2) is 4.57 Å². The normalized spacial score (nSPS) is 12.6. The van der Waals surface area contributed by atoms with Crippen LogP contribution in [0, 0.1) is 20.8 Å². The van der Waals surface area contributed by atoms with Crippen molar-refractivity contribution in [2.75, 3.05) is 0 Å². The van der Waals surface area contributed by atoms with Crippen LogP contribution in [0.1, 0.15) is 42.0 Å². The lowest BCUT2D eigenvalue weighted by molar-refractivity contribution is -0.643. The molecule has 6 aromatic rings. The maximum absolute atomic E-state index is 2.54. The fourth-order valence-electron chi connectivity index (χ4n) is 5.37. The van der Waals surface area contributed by atoms with Crippen LogP contribution < -0.4 is 4.57 Å². The Morgan fingerprint density at radius 1 is 0.833 bits per heavy atom. The SMILES string of the molecule is Cc1ccc2c3cc(C)c(C)c4c3n(c2c1)c1cc(C(C)C)cc2cc[n+](C)c4c21. The van der Waals surface area contributed by atoms with E-state index in [2.05, 4.69) is 99.3 Å². The molecular weight excluding hydrogens is 364 g/mol. The van der Waals surface area contributed by atoms with Gasteiger partial charge in [-0.15, -0.1) is 0 Å². The van der Waals surface area contributed by atoms with Crippen LogP contribution in [-0.4, -0.2) is 4.40 Å². The van der Waals surface area contributed by atoms with Gasteiger partial charge in [0.25, 0.3) is 0 Å². The van der Waals surface area contributed by atoms with E-state index < -0.39 is 0 Å². The van der Waals surface area contributed by atoms with Gasteiger partial charge in [-0.05, 0) is 72.5 Å². The number of aromatic nitrogens is 2. The summed E-state index contributed by atoms with van der Waals surface area (Å²) in [5, 5.41) is 6.79. The summed E-state index contributed by atoms with van der Waals surface area (Å²) < 4.78 is 4.86. The minimum atomic E-state index is 0.489. The van der Waals surface area contributed by atoms with E-state index in [0.29, 0.717) is 5.92 Å². The molecule has 0 saturated heterocycles. The summed E-state index contributed by atoms with van der Waals surface area (Å²) in [6, 6.07) is 16.4. The molecule has 30 heavy (non-hydrogen) atoms. The first kappa shape index (κ1) is 17.7. The lowest BCUT2D eigenvalue weighted by Crippen LogP contribution is -2.29. The molecule has 3 aromatic heterocycles. The van der Waals surface area contributed by atoms with Crippen molar-refractivity contribution in [2.45, 2.75) is 40.5 Å². The highest BCUT2D eigenvalue weighted by molar-refractivity contribution is 6.26. The molecule has 3 heterocycles. The highest BCUT2D eigenvalue weighted by atomic mass is 15.0. The van der Waals surface area contributed by atoms with Gasteiger partial charge in [-0.2, -0.15) is 0 Å². The summed E-state index contributed by atoms with van der Waals surface area (Å²) in [6.07, 6.45) is 2.22. The molecule has 0 aliphatic heterocycles. The van der Waals surface area contributed by atoms with E-state index in [1.165, 1.54) is 71.3 Å². The van der Waals surface area contributed by atoms with Crippen LogP contribution in [0.3, 0.4) is 0 Å². The van der Waals surface area contributed by atoms with Crippen molar-refractivity contribution in [3.63, 3.8) is 0 Å². The lowest BCUT2D eigenvalue weighted by Gasteiger charge is -2.16. The van der Waals surface area contributed by atoms with E-state index in [0.717, 1.165) is 0 Å². The molecule has 0 radical (unpaired) electrons. The summed E-state index contributed by atoms with van der Waals surface area (Å²) in [5.74, 6) is 0.489. The zero-order valence-electron chi connectivity index (χ0n) is 18.6. The van der Waals surface area contributed by atoms with E-state index in [1.807, 2.05) is 0 Å². The molecule has 0 N–H and O–H groups in total. The average molecular weight is 392 g/mol. The Labute approximate surface area is 176 Å². The van der Waals surface area contributed by atoms with Crippen molar-refractivity contribution in [1.82, 2.24) is 4.40 Å². The van der Waals surface area contributed by atoms with Gasteiger partial charge >= 0.3 is 0 Å². The molecule has 0 aliphatic carbocycles. The van der Waals surface area contributed by atoms with Crippen LogP contribution in [0.5, 0.6) is 0 Å². The Hall–Kier alpha value is -3.13. The second kappa shape index (κ2) is 5.72. The molecule has 3 aromatic carbocycles. The zero-order chi connectivity index (χ0) is 20.9. The third kappa shape index (κ3) is 2.06. The standard InChI is InChI=1S/C28H27N2/c1-15(2)20-13-19-9-10-29(6)28-25-18(5)17(4)12-22-21-8-7-16(3)11-23(21)30(27(22)25)24(14-20)26(19)28/h7-15H,1-6H3/q+1. The monoisotopic (exact) mass is 391 g/mol. The third-order valence-corrected chi connectivity index (χ3v) is 7.11. The number of fused-ring (bicyclic) bond motifs is 5. The summed E-state index contributed by atoms with van der Waals surface area (Å²) >= 11 is 0. The summed E-state index contributed by atoms with van der Waals surface area (Å²) in [6.45, 7) is 11.3. The molecule has 6 rings (SSSR count). The second-order valence-electron chi connectivity index (χ2n) is 9.38. The van der Waals surface area contributed by atoms with Crippen LogP contribution >= 0.6 is 0 Å². The van der Waals surface area contributed by atoms with Crippen LogP contribution in [0.4, 0.5) is 0 Å². The van der Waals surface area contributed by atoms with Crippen LogP contribution in [-0.2, 0) is 7.05 Å². The minimum absolute atomic E-state index is 0.489. The van der Waals surface area contributed by atoms with E-state index in [-0.39, 0.29) is 0 Å². The topological polar surface area (TPSA) is 8.29 Å². The number of hydrogen-bond acceptors (Lipinski definition) is 0. The first-order valence-electron chi connectivity index (χ1n) is 10.9. The van der Waals surface area contributed by atoms with E-state index in [9.17, 15) is 0 Å². The quantitative estimate of drug-likeness (QED) is 0.164. The Morgan fingerprint density at radius 3 is 2.40 bits per heavy atom. The molecular formula is C28H27N2+. The lowest BCUT2D eigenvalue weighted by atomic mass is 9.94. The number of hydrogen-bond donors (Lipinski definition) is 0. The number of aryl methyl sites for hydroxylation is 4. The Balaban J connectivity index is 2.10. The van der Waals surface area contributed by atoms with Crippen LogP contribution in [0.2, 0.25) is 0 Å². The Kier molecular flexibility index (Phi) is 3.38. The Bertz CT molecular complexity index is 1650. The van der Waals surface area contributed by atoms with Crippen LogP contribution in [0.15, 0.2) is 48.7 Å². The minimum Gasteiger partial charge on any atom is -0.307 e. The summed E-state index contributed by atoms with van der Waals surface area (Å²) in [5.41, 5.74) is 10.8. The Morgan fingerprint density at radius 2 is 1.63 bits per heavy atom. The van der Waals surface area contributed by atoms with Gasteiger partial charge in [-0.1, -0.05) is 32.0 Å². The highest BCUT2D eigenvalue weighted by Crippen LogP contribution is 2.42. The maximum Gasteiger partial charge on any atom is 0.224 e. The molecule has 0 unspecified atom stereocenters. The number of pyridine rings is 2. The molecule has 148 valence electrons. The first-order valence-corrected chi connectivity index (χ1v) is 10.9. The molecule has 2 nitrogen and oxygen atoms in total.